The molecule has 0 radical (unpaired) electrons. The van der Waals surface area contributed by atoms with Gasteiger partial charge in [0.1, 0.15) is 11.4 Å². The predicted octanol–water partition coefficient (Wildman–Crippen LogP) is 0.973. The van der Waals surface area contributed by atoms with Crippen LogP contribution in [0.5, 0.6) is 0 Å². The lowest BCUT2D eigenvalue weighted by Gasteiger charge is -2.34. The number of nitrogens with zero attached hydrogens (tertiary/aromatic N) is 4. The highest BCUT2D eigenvalue weighted by atomic mass is 16.6. The van der Waals surface area contributed by atoms with Crippen LogP contribution in [0.4, 0.5) is 5.82 Å². The van der Waals surface area contributed by atoms with Crippen LogP contribution in [0.25, 0.3) is 11.3 Å². The fourth-order valence-electron chi connectivity index (χ4n) is 2.72. The number of pyridine rings is 1. The van der Waals surface area contributed by atoms with E-state index in [2.05, 4.69) is 15.2 Å². The maximum absolute atomic E-state index is 12.9. The van der Waals surface area contributed by atoms with Gasteiger partial charge in [-0.15, -0.1) is 0 Å². The molecule has 0 aliphatic carbocycles. The number of hydrogen-bond acceptors (Lipinski definition) is 8. The summed E-state index contributed by atoms with van der Waals surface area (Å²) in [5, 5.41) is 17.9. The number of hydrogen-bond donors (Lipinski definition) is 1. The number of carbonyl (C=O) groups excluding carboxylic acids is 2. The van der Waals surface area contributed by atoms with E-state index >= 15 is 0 Å². The van der Waals surface area contributed by atoms with Crippen molar-refractivity contribution < 1.29 is 24.2 Å². The van der Waals surface area contributed by atoms with E-state index in [9.17, 15) is 14.7 Å². The Morgan fingerprint density at radius 1 is 1.32 bits per heavy atom. The molecule has 9 nitrogen and oxygen atoms in total. The molecule has 2 aromatic rings. The van der Waals surface area contributed by atoms with Crippen molar-refractivity contribution in [2.24, 2.45) is 0 Å². The molecule has 1 saturated heterocycles. The van der Waals surface area contributed by atoms with Crippen molar-refractivity contribution in [3.05, 3.63) is 36.7 Å². The minimum Gasteiger partial charge on any atom is -0.458 e. The summed E-state index contributed by atoms with van der Waals surface area (Å²) in [6.45, 7) is 5.44. The highest BCUT2D eigenvalue weighted by Crippen LogP contribution is 2.23. The van der Waals surface area contributed by atoms with Crippen molar-refractivity contribution in [2.45, 2.75) is 38.6 Å². The summed E-state index contributed by atoms with van der Waals surface area (Å²) >= 11 is 0. The molecule has 3 heterocycles. The largest absolute Gasteiger partial charge is 0.458 e. The molecule has 148 valence electrons. The number of aliphatic hydroxyl groups excluding tert-OH is 1. The molecule has 0 bridgehead atoms. The molecule has 2 atom stereocenters. The van der Waals surface area contributed by atoms with Gasteiger partial charge in [0.05, 0.1) is 31.2 Å². The molecule has 0 aromatic carbocycles. The number of rotatable bonds is 4. The third-order valence-electron chi connectivity index (χ3n) is 3.95. The molecule has 0 spiro atoms. The van der Waals surface area contributed by atoms with E-state index in [0.29, 0.717) is 11.5 Å². The lowest BCUT2D eigenvalue weighted by Crippen LogP contribution is -2.55. The Bertz CT molecular complexity index is 853. The zero-order valence-electron chi connectivity index (χ0n) is 15.9. The van der Waals surface area contributed by atoms with Gasteiger partial charge in [-0.2, -0.15) is 10.2 Å². The van der Waals surface area contributed by atoms with Crippen LogP contribution < -0.4 is 4.90 Å². The van der Waals surface area contributed by atoms with E-state index in [1.165, 1.54) is 4.90 Å². The van der Waals surface area contributed by atoms with Crippen LogP contribution in [0.2, 0.25) is 0 Å². The van der Waals surface area contributed by atoms with Crippen LogP contribution in [0, 0.1) is 0 Å². The smallest absolute Gasteiger partial charge is 0.338 e. The summed E-state index contributed by atoms with van der Waals surface area (Å²) in [5.74, 6) is -1.07. The van der Waals surface area contributed by atoms with Crippen LogP contribution >= 0.6 is 0 Å². The van der Waals surface area contributed by atoms with Crippen molar-refractivity contribution in [2.75, 3.05) is 18.1 Å². The number of aromatic nitrogens is 3. The molecule has 9 heteroatoms. The minimum absolute atomic E-state index is 0.152. The van der Waals surface area contributed by atoms with Gasteiger partial charge >= 0.3 is 5.97 Å². The molecular formula is C19H22N4O5. The van der Waals surface area contributed by atoms with Crippen molar-refractivity contribution in [1.82, 2.24) is 15.2 Å². The molecule has 1 N–H and O–H groups in total. The van der Waals surface area contributed by atoms with E-state index in [1.807, 2.05) is 0 Å². The molecule has 1 aliphatic heterocycles. The molecule has 1 amide bonds. The average molecular weight is 386 g/mol. The fourth-order valence-corrected chi connectivity index (χ4v) is 2.72. The van der Waals surface area contributed by atoms with Crippen LogP contribution in [0.1, 0.15) is 20.8 Å². The standard InChI is InChI=1S/C19H22N4O5/c1-19(2,3)28-18(26)15(24)16-17(25)23(9-10-27-16)14-6-4-5-13(22-14)12-7-8-20-21-11-12/h4-8,11,15-16,24H,9-10H2,1-3H3. The zero-order valence-corrected chi connectivity index (χ0v) is 15.9. The number of morpholine rings is 1. The van der Waals surface area contributed by atoms with Gasteiger partial charge in [-0.25, -0.2) is 9.78 Å². The van der Waals surface area contributed by atoms with Crippen LogP contribution in [-0.4, -0.2) is 63.1 Å². The maximum atomic E-state index is 12.9. The Kier molecular flexibility index (Phi) is 5.66. The summed E-state index contributed by atoms with van der Waals surface area (Å²) in [6.07, 6.45) is 0.0535. The topological polar surface area (TPSA) is 115 Å². The number of carbonyl (C=O) groups is 2. The molecule has 1 aliphatic rings. The number of ether oxygens (including phenoxy) is 2. The quantitative estimate of drug-likeness (QED) is 0.773. The molecule has 1 fully saturated rings. The van der Waals surface area contributed by atoms with E-state index in [1.54, 1.807) is 57.4 Å². The second kappa shape index (κ2) is 7.99. The number of anilines is 1. The van der Waals surface area contributed by atoms with Gasteiger partial charge < -0.3 is 14.6 Å². The highest BCUT2D eigenvalue weighted by Gasteiger charge is 2.41. The molecule has 3 rings (SSSR count). The third kappa shape index (κ3) is 4.49. The van der Waals surface area contributed by atoms with Crippen LogP contribution in [0.3, 0.4) is 0 Å². The van der Waals surface area contributed by atoms with E-state index in [-0.39, 0.29) is 13.2 Å². The normalized spacial score (nSPS) is 18.6. The van der Waals surface area contributed by atoms with E-state index in [0.717, 1.165) is 5.56 Å². The fraction of sp³-hybridized carbons (Fsp3) is 0.421. The van der Waals surface area contributed by atoms with Gasteiger partial charge in [-0.1, -0.05) is 6.07 Å². The Balaban J connectivity index is 1.80. The molecular weight excluding hydrogens is 364 g/mol. The molecule has 2 aromatic heterocycles. The van der Waals surface area contributed by atoms with Gasteiger partial charge in [0, 0.05) is 5.56 Å². The lowest BCUT2D eigenvalue weighted by atomic mass is 10.1. The minimum atomic E-state index is -1.72. The first-order valence-corrected chi connectivity index (χ1v) is 8.84. The number of esters is 1. The van der Waals surface area contributed by atoms with Gasteiger partial charge in [-0.3, -0.25) is 9.69 Å². The highest BCUT2D eigenvalue weighted by molar-refractivity contribution is 5.99. The molecule has 0 saturated carbocycles. The average Bonchev–Trinajstić information content (AvgIpc) is 2.67. The number of aliphatic hydroxyl groups is 1. The zero-order chi connectivity index (χ0) is 20.3. The summed E-state index contributed by atoms with van der Waals surface area (Å²) in [4.78, 5) is 30.9. The second-order valence-corrected chi connectivity index (χ2v) is 7.27. The Hall–Kier alpha value is -2.91. The van der Waals surface area contributed by atoms with Crippen molar-refractivity contribution >= 4 is 17.7 Å². The maximum Gasteiger partial charge on any atom is 0.338 e. The molecule has 2 unspecified atom stereocenters. The van der Waals surface area contributed by atoms with Gasteiger partial charge in [0.2, 0.25) is 0 Å². The van der Waals surface area contributed by atoms with Gasteiger partial charge in [-0.05, 0) is 39.0 Å². The third-order valence-corrected chi connectivity index (χ3v) is 3.95. The lowest BCUT2D eigenvalue weighted by molar-refractivity contribution is -0.177. The monoisotopic (exact) mass is 386 g/mol. The van der Waals surface area contributed by atoms with E-state index in [4.69, 9.17) is 9.47 Å². The summed E-state index contributed by atoms with van der Waals surface area (Å²) < 4.78 is 10.5. The second-order valence-electron chi connectivity index (χ2n) is 7.27. The first kappa shape index (κ1) is 19.8. The SMILES string of the molecule is CC(C)(C)OC(=O)C(O)C1OCCN(c2cccc(-c3ccnnc3)n2)C1=O. The van der Waals surface area contributed by atoms with E-state index < -0.39 is 29.7 Å². The molecule has 28 heavy (non-hydrogen) atoms. The Morgan fingerprint density at radius 2 is 2.11 bits per heavy atom. The van der Waals surface area contributed by atoms with Crippen LogP contribution in [-0.2, 0) is 19.1 Å². The Labute approximate surface area is 162 Å². The predicted molar refractivity (Wildman–Crippen MR) is 99.2 cm³/mol. The van der Waals surface area contributed by atoms with Gasteiger partial charge in [0.15, 0.2) is 12.2 Å². The Morgan fingerprint density at radius 3 is 2.79 bits per heavy atom. The van der Waals surface area contributed by atoms with Crippen molar-refractivity contribution in [1.29, 1.82) is 0 Å². The summed E-state index contributed by atoms with van der Waals surface area (Å²) in [5.41, 5.74) is 0.586. The first-order chi connectivity index (χ1) is 13.3. The number of amides is 1. The van der Waals surface area contributed by atoms with Crippen LogP contribution in [0.15, 0.2) is 36.7 Å². The van der Waals surface area contributed by atoms with Gasteiger partial charge in [0.25, 0.3) is 5.91 Å². The summed E-state index contributed by atoms with van der Waals surface area (Å²) in [7, 11) is 0. The van der Waals surface area contributed by atoms with Crippen molar-refractivity contribution in [3.8, 4) is 11.3 Å². The first-order valence-electron chi connectivity index (χ1n) is 8.84. The van der Waals surface area contributed by atoms with Crippen molar-refractivity contribution in [3.63, 3.8) is 0 Å². The summed E-state index contributed by atoms with van der Waals surface area (Å²) in [6, 6.07) is 6.99.